The molecule has 0 unspecified atom stereocenters. The number of rotatable bonds is 8. The molecule has 21 heavy (non-hydrogen) atoms. The van der Waals surface area contributed by atoms with Crippen molar-refractivity contribution >= 4 is 18.9 Å². The molecule has 0 aliphatic carbocycles. The highest BCUT2D eigenvalue weighted by molar-refractivity contribution is 6.43. The lowest BCUT2D eigenvalue weighted by molar-refractivity contribution is -0.123. The third-order valence-electron chi connectivity index (χ3n) is 3.02. The van der Waals surface area contributed by atoms with Gasteiger partial charge in [-0.15, -0.1) is 0 Å². The number of nitrogens with two attached hydrogens (primary N) is 2. The van der Waals surface area contributed by atoms with Gasteiger partial charge in [0.05, 0.1) is 12.0 Å². The molecule has 0 aliphatic rings. The number of hydrogen-bond acceptors (Lipinski definition) is 5. The van der Waals surface area contributed by atoms with Gasteiger partial charge in [0.1, 0.15) is 0 Å². The summed E-state index contributed by atoms with van der Waals surface area (Å²) in [5.41, 5.74) is 11.5. The largest absolute Gasteiger partial charge is 0.475 e. The molecule has 7 N–H and O–H groups in total. The van der Waals surface area contributed by atoms with E-state index in [1.165, 1.54) is 0 Å². The molecular formula is C13H20BN3O4. The fourth-order valence-electron chi connectivity index (χ4n) is 1.82. The normalized spacial score (nSPS) is 13.3. The highest BCUT2D eigenvalue weighted by Gasteiger charge is 2.27. The van der Waals surface area contributed by atoms with E-state index in [4.69, 9.17) is 11.5 Å². The zero-order valence-electron chi connectivity index (χ0n) is 11.6. The van der Waals surface area contributed by atoms with Crippen LogP contribution < -0.4 is 16.8 Å². The Morgan fingerprint density at radius 2 is 1.86 bits per heavy atom. The molecule has 1 aromatic rings. The van der Waals surface area contributed by atoms with Crippen LogP contribution in [0.25, 0.3) is 0 Å². The van der Waals surface area contributed by atoms with Gasteiger partial charge in [-0.3, -0.25) is 9.59 Å². The van der Waals surface area contributed by atoms with Gasteiger partial charge >= 0.3 is 7.12 Å². The number of benzene rings is 1. The Hall–Kier alpha value is -1.90. The first kappa shape index (κ1) is 17.2. The SMILES string of the molecule is NC(=O)CC[C@H](N)C(=O)N[C@@H](Cc1ccccc1)B(O)O. The Bertz CT molecular complexity index is 470. The first-order valence-electron chi connectivity index (χ1n) is 6.64. The van der Waals surface area contributed by atoms with Gasteiger partial charge < -0.3 is 26.8 Å². The topological polar surface area (TPSA) is 139 Å². The lowest BCUT2D eigenvalue weighted by atomic mass is 9.75. The van der Waals surface area contributed by atoms with E-state index in [1.54, 1.807) is 0 Å². The molecule has 1 rings (SSSR count). The predicted molar refractivity (Wildman–Crippen MR) is 78.7 cm³/mol. The van der Waals surface area contributed by atoms with Crippen molar-refractivity contribution in [2.24, 2.45) is 11.5 Å². The minimum atomic E-state index is -1.71. The van der Waals surface area contributed by atoms with Crippen molar-refractivity contribution in [2.45, 2.75) is 31.2 Å². The zero-order chi connectivity index (χ0) is 15.8. The lowest BCUT2D eigenvalue weighted by Gasteiger charge is -2.20. The van der Waals surface area contributed by atoms with Gasteiger partial charge in [-0.1, -0.05) is 30.3 Å². The highest BCUT2D eigenvalue weighted by Crippen LogP contribution is 2.05. The molecule has 2 atom stereocenters. The van der Waals surface area contributed by atoms with Crippen LogP contribution in [0.3, 0.4) is 0 Å². The molecule has 0 spiro atoms. The maximum absolute atomic E-state index is 11.9. The van der Waals surface area contributed by atoms with Gasteiger partial charge in [-0.25, -0.2) is 0 Å². The highest BCUT2D eigenvalue weighted by atomic mass is 16.4. The van der Waals surface area contributed by atoms with Gasteiger partial charge in [-0.2, -0.15) is 0 Å². The third-order valence-corrected chi connectivity index (χ3v) is 3.02. The van der Waals surface area contributed by atoms with E-state index in [-0.39, 0.29) is 19.3 Å². The Labute approximate surface area is 123 Å². The predicted octanol–water partition coefficient (Wildman–Crippen LogP) is -1.68. The van der Waals surface area contributed by atoms with Crippen molar-refractivity contribution in [3.63, 3.8) is 0 Å². The van der Waals surface area contributed by atoms with Crippen LogP contribution in [0, 0.1) is 0 Å². The molecule has 7 nitrogen and oxygen atoms in total. The van der Waals surface area contributed by atoms with Gasteiger partial charge in [0.15, 0.2) is 0 Å². The summed E-state index contributed by atoms with van der Waals surface area (Å²) in [6.07, 6.45) is 0.368. The average molecular weight is 293 g/mol. The smallest absolute Gasteiger partial charge is 0.426 e. The van der Waals surface area contributed by atoms with E-state index < -0.39 is 30.9 Å². The van der Waals surface area contributed by atoms with Crippen LogP contribution in [-0.2, 0) is 16.0 Å². The molecule has 0 heterocycles. The number of carbonyl (C=O) groups is 2. The third kappa shape index (κ3) is 6.39. The number of primary amides is 1. The van der Waals surface area contributed by atoms with Crippen molar-refractivity contribution < 1.29 is 19.6 Å². The van der Waals surface area contributed by atoms with E-state index in [0.29, 0.717) is 0 Å². The molecule has 0 aromatic heterocycles. The van der Waals surface area contributed by atoms with Crippen LogP contribution in [0.15, 0.2) is 30.3 Å². The molecule has 0 bridgehead atoms. The summed E-state index contributed by atoms with van der Waals surface area (Å²) < 4.78 is 0. The number of hydrogen-bond donors (Lipinski definition) is 5. The van der Waals surface area contributed by atoms with Crippen molar-refractivity contribution in [3.8, 4) is 0 Å². The van der Waals surface area contributed by atoms with Crippen LogP contribution in [0.2, 0.25) is 0 Å². The van der Waals surface area contributed by atoms with E-state index >= 15 is 0 Å². The van der Waals surface area contributed by atoms with Gasteiger partial charge in [0.2, 0.25) is 11.8 Å². The summed E-state index contributed by atoms with van der Waals surface area (Å²) in [6.45, 7) is 0. The molecule has 2 amide bonds. The van der Waals surface area contributed by atoms with E-state index in [0.717, 1.165) is 5.56 Å². The minimum absolute atomic E-state index is 0.000380. The van der Waals surface area contributed by atoms with Crippen LogP contribution in [0.5, 0.6) is 0 Å². The van der Waals surface area contributed by atoms with Gasteiger partial charge in [0, 0.05) is 6.42 Å². The van der Waals surface area contributed by atoms with E-state index in [2.05, 4.69) is 5.32 Å². The Morgan fingerprint density at radius 3 is 2.38 bits per heavy atom. The molecule has 0 radical (unpaired) electrons. The maximum atomic E-state index is 11.9. The Morgan fingerprint density at radius 1 is 1.24 bits per heavy atom. The lowest BCUT2D eigenvalue weighted by Crippen LogP contribution is -2.52. The molecule has 0 saturated carbocycles. The van der Waals surface area contributed by atoms with E-state index in [9.17, 15) is 19.6 Å². The average Bonchev–Trinajstić information content (AvgIpc) is 2.44. The van der Waals surface area contributed by atoms with Gasteiger partial charge in [-0.05, 0) is 18.4 Å². The monoisotopic (exact) mass is 293 g/mol. The molecule has 0 fully saturated rings. The Balaban J connectivity index is 2.57. The second-order valence-electron chi connectivity index (χ2n) is 4.83. The van der Waals surface area contributed by atoms with Gasteiger partial charge in [0.25, 0.3) is 0 Å². The van der Waals surface area contributed by atoms with Crippen LogP contribution in [0.4, 0.5) is 0 Å². The number of carbonyl (C=O) groups excluding carboxylic acids is 2. The summed E-state index contributed by atoms with van der Waals surface area (Å²) in [5, 5.41) is 21.2. The molecule has 0 aliphatic heterocycles. The number of nitrogens with one attached hydrogen (secondary N) is 1. The van der Waals surface area contributed by atoms with Crippen LogP contribution in [0.1, 0.15) is 18.4 Å². The fraction of sp³-hybridized carbons (Fsp3) is 0.385. The summed E-state index contributed by atoms with van der Waals surface area (Å²) in [7, 11) is -1.71. The summed E-state index contributed by atoms with van der Waals surface area (Å²) >= 11 is 0. The minimum Gasteiger partial charge on any atom is -0.426 e. The summed E-state index contributed by atoms with van der Waals surface area (Å²) in [6, 6.07) is 8.18. The van der Waals surface area contributed by atoms with Crippen molar-refractivity contribution in [2.75, 3.05) is 0 Å². The molecule has 0 saturated heterocycles. The maximum Gasteiger partial charge on any atom is 0.475 e. The van der Waals surface area contributed by atoms with Crippen molar-refractivity contribution in [3.05, 3.63) is 35.9 Å². The molecule has 8 heteroatoms. The molecule has 114 valence electrons. The van der Waals surface area contributed by atoms with Crippen LogP contribution in [-0.4, -0.2) is 41.0 Å². The van der Waals surface area contributed by atoms with E-state index in [1.807, 2.05) is 30.3 Å². The first-order valence-corrected chi connectivity index (χ1v) is 6.64. The first-order chi connectivity index (χ1) is 9.90. The molecule has 1 aromatic carbocycles. The number of amides is 2. The zero-order valence-corrected chi connectivity index (χ0v) is 11.6. The molecular weight excluding hydrogens is 273 g/mol. The summed E-state index contributed by atoms with van der Waals surface area (Å²) in [4.78, 5) is 22.5. The second kappa shape index (κ2) is 8.40. The fourth-order valence-corrected chi connectivity index (χ4v) is 1.82. The van der Waals surface area contributed by atoms with Crippen LogP contribution >= 0.6 is 0 Å². The quantitative estimate of drug-likeness (QED) is 0.364. The summed E-state index contributed by atoms with van der Waals surface area (Å²) in [5.74, 6) is -1.97. The second-order valence-corrected chi connectivity index (χ2v) is 4.83. The standard InChI is InChI=1S/C13H20BN3O4/c15-10(6-7-12(16)18)13(19)17-11(14(20)21)8-9-4-2-1-3-5-9/h1-5,10-11,20-21H,6-8,15H2,(H2,16,18)(H,17,19)/t10-,11-/m0/s1. The Kier molecular flexibility index (Phi) is 6.87. The van der Waals surface area contributed by atoms with Crippen molar-refractivity contribution in [1.29, 1.82) is 0 Å². The van der Waals surface area contributed by atoms with Crippen molar-refractivity contribution in [1.82, 2.24) is 5.32 Å².